The molecule has 2 aliphatic heterocycles. The molecule has 0 N–H and O–H groups in total. The third kappa shape index (κ3) is 4.72. The van der Waals surface area contributed by atoms with Gasteiger partial charge in [0, 0.05) is 18.1 Å². The largest absolute Gasteiger partial charge is 0.467 e. The molecule has 0 radical (unpaired) electrons. The maximum absolute atomic E-state index is 13.8. The lowest BCUT2D eigenvalue weighted by molar-refractivity contribution is -0.315. The predicted molar refractivity (Wildman–Crippen MR) is 121 cm³/mol. The van der Waals surface area contributed by atoms with Gasteiger partial charge in [-0.05, 0) is 12.1 Å². The van der Waals surface area contributed by atoms with Crippen molar-refractivity contribution in [1.82, 2.24) is 15.0 Å². The molecule has 2 aromatic carbocycles. The molecular weight excluding hydrogens is 473 g/mol. The second-order valence-corrected chi connectivity index (χ2v) is 8.45. The highest BCUT2D eigenvalue weighted by Crippen LogP contribution is 2.41. The number of aromatic nitrogens is 3. The van der Waals surface area contributed by atoms with E-state index in [-0.39, 0.29) is 6.61 Å². The van der Waals surface area contributed by atoms with Crippen LogP contribution in [0, 0.1) is 5.82 Å². The number of hydrogen-bond acceptors (Lipinski definition) is 9. The van der Waals surface area contributed by atoms with Gasteiger partial charge >= 0.3 is 11.9 Å². The Kier molecular flexibility index (Phi) is 6.77. The van der Waals surface area contributed by atoms with Gasteiger partial charge in [0.2, 0.25) is 0 Å². The van der Waals surface area contributed by atoms with E-state index in [0.717, 1.165) is 5.56 Å². The smallest absolute Gasteiger partial charge is 0.339 e. The van der Waals surface area contributed by atoms with E-state index in [9.17, 15) is 14.0 Å². The number of hydrogen-bond donors (Lipinski definition) is 0. The minimum atomic E-state index is -1.26. The minimum Gasteiger partial charge on any atom is -0.467 e. The van der Waals surface area contributed by atoms with Crippen LogP contribution < -0.4 is 0 Å². The zero-order valence-corrected chi connectivity index (χ0v) is 19.5. The average molecular weight is 497 g/mol. The third-order valence-electron chi connectivity index (χ3n) is 6.10. The summed E-state index contributed by atoms with van der Waals surface area (Å²) in [5, 5.41) is 8.42. The second-order valence-electron chi connectivity index (χ2n) is 8.45. The Morgan fingerprint density at radius 3 is 2.64 bits per heavy atom. The summed E-state index contributed by atoms with van der Waals surface area (Å²) in [5.41, 5.74) is 1.68. The van der Waals surface area contributed by atoms with E-state index in [2.05, 4.69) is 10.3 Å². The monoisotopic (exact) mass is 497 g/mol. The Morgan fingerprint density at radius 2 is 1.92 bits per heavy atom. The van der Waals surface area contributed by atoms with Crippen molar-refractivity contribution in [1.29, 1.82) is 0 Å². The molecule has 0 aliphatic carbocycles. The summed E-state index contributed by atoms with van der Waals surface area (Å²) < 4.78 is 44.0. The molecule has 1 aromatic heterocycles. The number of benzene rings is 2. The second kappa shape index (κ2) is 10.1. The third-order valence-corrected chi connectivity index (χ3v) is 6.10. The quantitative estimate of drug-likeness (QED) is 0.491. The molecule has 5 rings (SSSR count). The number of methoxy groups -OCH3 is 1. The molecule has 0 amide bonds. The van der Waals surface area contributed by atoms with Gasteiger partial charge < -0.3 is 23.7 Å². The van der Waals surface area contributed by atoms with Gasteiger partial charge in [-0.3, -0.25) is 4.79 Å². The van der Waals surface area contributed by atoms with Crippen molar-refractivity contribution in [2.45, 2.75) is 43.7 Å². The summed E-state index contributed by atoms with van der Waals surface area (Å²) in [6.45, 7) is 1.33. The van der Waals surface area contributed by atoms with Crippen molar-refractivity contribution in [3.05, 3.63) is 72.2 Å². The summed E-state index contributed by atoms with van der Waals surface area (Å²) in [7, 11) is 1.22. The van der Waals surface area contributed by atoms with E-state index in [1.807, 2.05) is 30.3 Å². The zero-order chi connectivity index (χ0) is 25.2. The van der Waals surface area contributed by atoms with Crippen LogP contribution in [0.5, 0.6) is 0 Å². The van der Waals surface area contributed by atoms with Gasteiger partial charge in [-0.15, -0.1) is 5.10 Å². The Labute approximate surface area is 205 Å². The molecule has 36 heavy (non-hydrogen) atoms. The van der Waals surface area contributed by atoms with Gasteiger partial charge in [0.25, 0.3) is 0 Å². The van der Waals surface area contributed by atoms with Crippen LogP contribution in [-0.2, 0) is 33.3 Å². The Bertz CT molecular complexity index is 1240. The molecule has 10 nitrogen and oxygen atoms in total. The molecule has 11 heteroatoms. The van der Waals surface area contributed by atoms with Crippen molar-refractivity contribution < 1.29 is 37.7 Å². The van der Waals surface area contributed by atoms with Crippen LogP contribution in [0.15, 0.2) is 60.8 Å². The summed E-state index contributed by atoms with van der Waals surface area (Å²) in [6.07, 6.45) is -2.98. The van der Waals surface area contributed by atoms with Gasteiger partial charge in [-0.2, -0.15) is 0 Å². The highest BCUT2D eigenvalue weighted by atomic mass is 19.1. The van der Waals surface area contributed by atoms with Crippen LogP contribution in [0.4, 0.5) is 4.39 Å². The van der Waals surface area contributed by atoms with E-state index in [4.69, 9.17) is 23.7 Å². The molecule has 0 spiro atoms. The van der Waals surface area contributed by atoms with E-state index < -0.39 is 54.5 Å². The standard InChI is InChI=1S/C25H24FN3O7/c1-14(30)34-22-20(29-12-18(27-28-29)16-9-6-10-17(26)11-16)21-19(35-23(22)24(31)32-2)13-33-25(36-21)15-7-4-3-5-8-15/h3-12,19-23,25H,13H2,1-2H3/t19-,20-,21+,22-,23-,25-/m1/s1. The van der Waals surface area contributed by atoms with E-state index >= 15 is 0 Å². The fraction of sp³-hybridized carbons (Fsp3) is 0.360. The molecule has 2 aliphatic rings. The highest BCUT2D eigenvalue weighted by Gasteiger charge is 2.55. The highest BCUT2D eigenvalue weighted by molar-refractivity contribution is 5.76. The summed E-state index contributed by atoms with van der Waals surface area (Å²) in [5.74, 6) is -1.77. The fourth-order valence-electron chi connectivity index (χ4n) is 4.51. The average Bonchev–Trinajstić information content (AvgIpc) is 3.37. The normalized spacial score (nSPS) is 27.6. The van der Waals surface area contributed by atoms with Crippen molar-refractivity contribution in [3.63, 3.8) is 0 Å². The van der Waals surface area contributed by atoms with Crippen molar-refractivity contribution >= 4 is 11.9 Å². The van der Waals surface area contributed by atoms with E-state index in [1.54, 1.807) is 18.3 Å². The number of nitrogens with zero attached hydrogens (tertiary/aromatic N) is 3. The molecule has 2 fully saturated rings. The van der Waals surface area contributed by atoms with Gasteiger partial charge in [0.1, 0.15) is 29.8 Å². The molecule has 0 unspecified atom stereocenters. The van der Waals surface area contributed by atoms with Crippen LogP contribution in [0.1, 0.15) is 24.8 Å². The van der Waals surface area contributed by atoms with Gasteiger partial charge in [0.05, 0.1) is 19.9 Å². The van der Waals surface area contributed by atoms with Gasteiger partial charge in [-0.1, -0.05) is 47.7 Å². The molecule has 188 valence electrons. The lowest BCUT2D eigenvalue weighted by Gasteiger charge is -2.48. The van der Waals surface area contributed by atoms with Crippen LogP contribution >= 0.6 is 0 Å². The molecule has 6 atom stereocenters. The maximum atomic E-state index is 13.8. The SMILES string of the molecule is COC(=O)[C@@H]1O[C@@H]2CO[C@@H](c3ccccc3)O[C@@H]2[C@@H](n2cc(-c3cccc(F)c3)nn2)[C@H]1OC(C)=O. The molecule has 3 aromatic rings. The number of esters is 2. The van der Waals surface area contributed by atoms with E-state index in [0.29, 0.717) is 11.3 Å². The first kappa shape index (κ1) is 24.0. The lowest BCUT2D eigenvalue weighted by atomic mass is 9.91. The molecule has 2 saturated heterocycles. The van der Waals surface area contributed by atoms with Crippen molar-refractivity contribution in [3.8, 4) is 11.3 Å². The lowest BCUT2D eigenvalue weighted by Crippen LogP contribution is -2.62. The number of fused-ring (bicyclic) bond motifs is 1. The molecule has 3 heterocycles. The van der Waals surface area contributed by atoms with Crippen LogP contribution in [0.3, 0.4) is 0 Å². The van der Waals surface area contributed by atoms with Gasteiger partial charge in [0.15, 0.2) is 18.5 Å². The van der Waals surface area contributed by atoms with Crippen LogP contribution in [-0.4, -0.2) is 65.1 Å². The topological polar surface area (TPSA) is 111 Å². The van der Waals surface area contributed by atoms with Crippen LogP contribution in [0.2, 0.25) is 0 Å². The maximum Gasteiger partial charge on any atom is 0.339 e. The van der Waals surface area contributed by atoms with E-state index in [1.165, 1.54) is 30.8 Å². The fourth-order valence-corrected chi connectivity index (χ4v) is 4.51. The first-order chi connectivity index (χ1) is 17.4. The van der Waals surface area contributed by atoms with Gasteiger partial charge in [-0.25, -0.2) is 13.9 Å². The number of rotatable bonds is 5. The number of carbonyl (C=O) groups excluding carboxylic acids is 2. The zero-order valence-electron chi connectivity index (χ0n) is 19.5. The summed E-state index contributed by atoms with van der Waals surface area (Å²) in [4.78, 5) is 24.7. The van der Waals surface area contributed by atoms with Crippen molar-refractivity contribution in [2.24, 2.45) is 0 Å². The Hall–Kier alpha value is -3.67. The number of ether oxygens (including phenoxy) is 5. The first-order valence-electron chi connectivity index (χ1n) is 11.3. The molecule has 0 bridgehead atoms. The number of halogens is 1. The van der Waals surface area contributed by atoms with Crippen molar-refractivity contribution in [2.75, 3.05) is 13.7 Å². The van der Waals surface area contributed by atoms with Crippen LogP contribution in [0.25, 0.3) is 11.3 Å². The Morgan fingerprint density at radius 1 is 1.11 bits per heavy atom. The summed E-state index contributed by atoms with van der Waals surface area (Å²) >= 11 is 0. The molecular formula is C25H24FN3O7. The Balaban J connectivity index is 1.55. The minimum absolute atomic E-state index is 0.104. The summed E-state index contributed by atoms with van der Waals surface area (Å²) in [6, 6.07) is 14.4. The predicted octanol–water partition coefficient (Wildman–Crippen LogP) is 2.61. The molecule has 0 saturated carbocycles. The first-order valence-corrected chi connectivity index (χ1v) is 11.3. The number of carbonyl (C=O) groups is 2.